The second-order valence-corrected chi connectivity index (χ2v) is 7.09. The summed E-state index contributed by atoms with van der Waals surface area (Å²) >= 11 is 0. The SMILES string of the molecule is COC(=O)c1ccc2c(OC)cc(-c3ccc(C(F)(F)F)cc3-n3cnc(C)c3)nc2c1. The van der Waals surface area contributed by atoms with Crippen LogP contribution in [0, 0.1) is 6.92 Å². The largest absolute Gasteiger partial charge is 0.496 e. The maximum absolute atomic E-state index is 13.4. The van der Waals surface area contributed by atoms with Crippen molar-refractivity contribution < 1.29 is 27.4 Å². The molecule has 0 aliphatic rings. The summed E-state index contributed by atoms with van der Waals surface area (Å²) in [7, 11) is 2.76. The van der Waals surface area contributed by atoms with Crippen molar-refractivity contribution in [2.75, 3.05) is 14.2 Å². The molecule has 0 saturated carbocycles. The van der Waals surface area contributed by atoms with Crippen molar-refractivity contribution in [1.82, 2.24) is 14.5 Å². The van der Waals surface area contributed by atoms with Gasteiger partial charge >= 0.3 is 12.1 Å². The average Bonchev–Trinajstić information content (AvgIpc) is 3.22. The summed E-state index contributed by atoms with van der Waals surface area (Å²) in [6.07, 6.45) is -1.43. The van der Waals surface area contributed by atoms with Gasteiger partial charge in [0.25, 0.3) is 0 Å². The van der Waals surface area contributed by atoms with Crippen LogP contribution in [0.1, 0.15) is 21.6 Å². The summed E-state index contributed by atoms with van der Waals surface area (Å²) in [5.74, 6) is -0.0590. The Hall–Kier alpha value is -3.88. The first-order valence-electron chi connectivity index (χ1n) is 9.51. The molecule has 0 amide bonds. The number of fused-ring (bicyclic) bond motifs is 1. The zero-order valence-electron chi connectivity index (χ0n) is 17.4. The van der Waals surface area contributed by atoms with Gasteiger partial charge in [-0.2, -0.15) is 13.2 Å². The second-order valence-electron chi connectivity index (χ2n) is 7.09. The molecule has 164 valence electrons. The van der Waals surface area contributed by atoms with E-state index in [-0.39, 0.29) is 5.69 Å². The van der Waals surface area contributed by atoms with E-state index in [1.54, 1.807) is 37.4 Å². The first kappa shape index (κ1) is 21.4. The van der Waals surface area contributed by atoms with Crippen molar-refractivity contribution >= 4 is 16.9 Å². The quantitative estimate of drug-likeness (QED) is 0.407. The van der Waals surface area contributed by atoms with Gasteiger partial charge in [0.15, 0.2) is 0 Å². The van der Waals surface area contributed by atoms with Crippen LogP contribution in [0.3, 0.4) is 0 Å². The molecule has 2 aromatic heterocycles. The fourth-order valence-corrected chi connectivity index (χ4v) is 3.44. The Bertz CT molecular complexity index is 1330. The van der Waals surface area contributed by atoms with Crippen LogP contribution in [0.2, 0.25) is 0 Å². The number of carbonyl (C=O) groups excluding carboxylic acids is 1. The predicted molar refractivity (Wildman–Crippen MR) is 112 cm³/mol. The van der Waals surface area contributed by atoms with E-state index >= 15 is 0 Å². The zero-order valence-corrected chi connectivity index (χ0v) is 17.4. The first-order valence-corrected chi connectivity index (χ1v) is 9.51. The summed E-state index contributed by atoms with van der Waals surface area (Å²) in [5, 5.41) is 0.649. The molecular formula is C23H18F3N3O3. The lowest BCUT2D eigenvalue weighted by Crippen LogP contribution is -2.07. The molecule has 0 atom stereocenters. The van der Waals surface area contributed by atoms with Gasteiger partial charge in [0, 0.05) is 23.2 Å². The fraction of sp³-hybridized carbons (Fsp3) is 0.174. The van der Waals surface area contributed by atoms with Gasteiger partial charge in [0.2, 0.25) is 0 Å². The van der Waals surface area contributed by atoms with Crippen LogP contribution in [0.15, 0.2) is 55.0 Å². The molecule has 0 aliphatic heterocycles. The van der Waals surface area contributed by atoms with Gasteiger partial charge in [-0.15, -0.1) is 0 Å². The topological polar surface area (TPSA) is 66.2 Å². The summed E-state index contributed by atoms with van der Waals surface area (Å²) in [6.45, 7) is 1.75. The van der Waals surface area contributed by atoms with Gasteiger partial charge in [0.05, 0.1) is 54.3 Å². The van der Waals surface area contributed by atoms with Crippen LogP contribution in [0.5, 0.6) is 5.75 Å². The molecule has 2 heterocycles. The molecule has 32 heavy (non-hydrogen) atoms. The van der Waals surface area contributed by atoms with Crippen LogP contribution in [0.25, 0.3) is 27.8 Å². The van der Waals surface area contributed by atoms with E-state index in [9.17, 15) is 18.0 Å². The third-order valence-corrected chi connectivity index (χ3v) is 5.00. The Morgan fingerprint density at radius 2 is 1.84 bits per heavy atom. The van der Waals surface area contributed by atoms with Crippen molar-refractivity contribution in [2.24, 2.45) is 0 Å². The van der Waals surface area contributed by atoms with Crippen LogP contribution < -0.4 is 4.74 Å². The van der Waals surface area contributed by atoms with Gasteiger partial charge in [-0.1, -0.05) is 6.07 Å². The summed E-state index contributed by atoms with van der Waals surface area (Å²) < 4.78 is 52.0. The average molecular weight is 441 g/mol. The smallest absolute Gasteiger partial charge is 0.416 e. The minimum Gasteiger partial charge on any atom is -0.496 e. The maximum atomic E-state index is 13.4. The van der Waals surface area contributed by atoms with E-state index in [2.05, 4.69) is 9.97 Å². The third-order valence-electron chi connectivity index (χ3n) is 5.00. The predicted octanol–water partition coefficient (Wildman–Crippen LogP) is 5.21. The Labute approximate surface area is 181 Å². The lowest BCUT2D eigenvalue weighted by Gasteiger charge is -2.16. The molecule has 0 saturated heterocycles. The number of imidazole rings is 1. The molecule has 0 bridgehead atoms. The van der Waals surface area contributed by atoms with Gasteiger partial charge in [-0.05, 0) is 37.3 Å². The number of rotatable bonds is 4. The maximum Gasteiger partial charge on any atom is 0.416 e. The molecule has 0 spiro atoms. The van der Waals surface area contributed by atoms with E-state index < -0.39 is 17.7 Å². The van der Waals surface area contributed by atoms with Crippen LogP contribution in [0.4, 0.5) is 13.2 Å². The molecule has 0 fully saturated rings. The van der Waals surface area contributed by atoms with Crippen molar-refractivity contribution in [1.29, 1.82) is 0 Å². The molecule has 0 radical (unpaired) electrons. The Kier molecular flexibility index (Phi) is 5.33. The lowest BCUT2D eigenvalue weighted by atomic mass is 10.0. The first-order chi connectivity index (χ1) is 15.2. The molecule has 4 rings (SSSR count). The number of aromatic nitrogens is 3. The number of methoxy groups -OCH3 is 2. The molecule has 6 nitrogen and oxygen atoms in total. The highest BCUT2D eigenvalue weighted by atomic mass is 19.4. The van der Waals surface area contributed by atoms with E-state index in [0.29, 0.717) is 39.2 Å². The number of pyridine rings is 1. The van der Waals surface area contributed by atoms with Gasteiger partial charge in [-0.25, -0.2) is 14.8 Å². The highest BCUT2D eigenvalue weighted by Gasteiger charge is 2.31. The zero-order chi connectivity index (χ0) is 23.0. The Morgan fingerprint density at radius 1 is 1.06 bits per heavy atom. The van der Waals surface area contributed by atoms with Gasteiger partial charge < -0.3 is 14.0 Å². The monoisotopic (exact) mass is 441 g/mol. The number of halogens is 3. The number of hydrogen-bond acceptors (Lipinski definition) is 5. The Balaban J connectivity index is 1.97. The van der Waals surface area contributed by atoms with Crippen molar-refractivity contribution in [2.45, 2.75) is 13.1 Å². The fourth-order valence-electron chi connectivity index (χ4n) is 3.44. The summed E-state index contributed by atoms with van der Waals surface area (Å²) in [4.78, 5) is 20.7. The highest BCUT2D eigenvalue weighted by molar-refractivity contribution is 5.97. The number of ether oxygens (including phenoxy) is 2. The van der Waals surface area contributed by atoms with Crippen molar-refractivity contribution in [3.63, 3.8) is 0 Å². The van der Waals surface area contributed by atoms with E-state index in [1.807, 2.05) is 0 Å². The molecule has 0 N–H and O–H groups in total. The number of esters is 1. The molecule has 0 aliphatic carbocycles. The van der Waals surface area contributed by atoms with E-state index in [4.69, 9.17) is 9.47 Å². The summed E-state index contributed by atoms with van der Waals surface area (Å²) in [5.41, 5.74) is 1.69. The summed E-state index contributed by atoms with van der Waals surface area (Å²) in [6, 6.07) is 9.91. The molecule has 9 heteroatoms. The standard InChI is InChI=1S/C23H18F3N3O3/c1-13-11-29(12-27-13)20-9-15(23(24,25)26)5-7-16(20)19-10-21(31-2)17-6-4-14(22(30)32-3)8-18(17)28-19/h4-12H,1-3H3. The Morgan fingerprint density at radius 3 is 2.47 bits per heavy atom. The highest BCUT2D eigenvalue weighted by Crippen LogP contribution is 2.37. The molecule has 0 unspecified atom stereocenters. The number of aryl methyl sites for hydroxylation is 1. The molecular weight excluding hydrogens is 423 g/mol. The number of alkyl halides is 3. The normalized spacial score (nSPS) is 11.6. The van der Waals surface area contributed by atoms with Crippen molar-refractivity contribution in [3.8, 4) is 22.7 Å². The molecule has 4 aromatic rings. The van der Waals surface area contributed by atoms with Crippen molar-refractivity contribution in [3.05, 3.63) is 71.8 Å². The second kappa shape index (κ2) is 7.99. The lowest BCUT2D eigenvalue weighted by molar-refractivity contribution is -0.137. The van der Waals surface area contributed by atoms with Gasteiger partial charge in [-0.3, -0.25) is 0 Å². The van der Waals surface area contributed by atoms with E-state index in [1.165, 1.54) is 31.2 Å². The number of hydrogen-bond donors (Lipinski definition) is 0. The van der Waals surface area contributed by atoms with Crippen LogP contribution >= 0.6 is 0 Å². The molecule has 2 aromatic carbocycles. The number of benzene rings is 2. The number of nitrogens with zero attached hydrogens (tertiary/aromatic N) is 3. The van der Waals surface area contributed by atoms with E-state index in [0.717, 1.165) is 12.1 Å². The minimum absolute atomic E-state index is 0.262. The third kappa shape index (κ3) is 3.89. The van der Waals surface area contributed by atoms with Crippen LogP contribution in [-0.4, -0.2) is 34.7 Å². The number of carbonyl (C=O) groups is 1. The van der Waals surface area contributed by atoms with Gasteiger partial charge in [0.1, 0.15) is 5.75 Å². The van der Waals surface area contributed by atoms with Crippen LogP contribution in [-0.2, 0) is 10.9 Å². The minimum atomic E-state index is -4.51.